The number of rotatable bonds is 5. The summed E-state index contributed by atoms with van der Waals surface area (Å²) >= 11 is 0. The highest BCUT2D eigenvalue weighted by Gasteiger charge is 2.63. The van der Waals surface area contributed by atoms with Crippen molar-refractivity contribution in [1.82, 2.24) is 4.98 Å². The Morgan fingerprint density at radius 3 is 2.70 bits per heavy atom. The lowest BCUT2D eigenvalue weighted by atomic mass is 9.40. The molecule has 6 atom stereocenters. The molecule has 1 heterocycles. The molecule has 2 aliphatic rings. The molecule has 164 valence electrons. The number of hydrogen-bond donors (Lipinski definition) is 2. The minimum absolute atomic E-state index is 0.00728. The van der Waals surface area contributed by atoms with Gasteiger partial charge in [-0.15, -0.1) is 0 Å². The largest absolute Gasteiger partial charge is 0.393 e. The SMILES string of the molecule is CC(C)=CCCC12C(O)CCC(C)C1(C)CCC(C)C2Cc1c[nH]c2ccccc12. The first-order valence-electron chi connectivity index (χ1n) is 12.2. The Balaban J connectivity index is 1.79. The predicted molar refractivity (Wildman–Crippen MR) is 128 cm³/mol. The third kappa shape index (κ3) is 3.36. The van der Waals surface area contributed by atoms with Crippen molar-refractivity contribution in [2.75, 3.05) is 0 Å². The molecule has 6 unspecified atom stereocenters. The highest BCUT2D eigenvalue weighted by atomic mass is 16.3. The van der Waals surface area contributed by atoms with E-state index in [0.29, 0.717) is 17.8 Å². The van der Waals surface area contributed by atoms with Crippen molar-refractivity contribution in [2.45, 2.75) is 85.7 Å². The molecule has 2 N–H and O–H groups in total. The van der Waals surface area contributed by atoms with E-state index in [4.69, 9.17) is 0 Å². The van der Waals surface area contributed by atoms with Crippen LogP contribution in [0.4, 0.5) is 0 Å². The number of aromatic nitrogens is 1. The molecule has 2 heteroatoms. The number of aliphatic hydroxyl groups is 1. The van der Waals surface area contributed by atoms with E-state index in [2.05, 4.69) is 76.1 Å². The standard InChI is InChI=1S/C28H41NO/c1-19(2)9-8-15-28-24(17-22-18-29-25-11-7-6-10-23(22)25)20(3)14-16-27(28,5)21(4)12-13-26(28)30/h6-7,9-11,18,20-21,24,26,29-30H,8,12-17H2,1-5H3. The van der Waals surface area contributed by atoms with Gasteiger partial charge in [0.25, 0.3) is 0 Å². The molecule has 0 radical (unpaired) electrons. The van der Waals surface area contributed by atoms with E-state index in [0.717, 1.165) is 32.1 Å². The van der Waals surface area contributed by atoms with Gasteiger partial charge in [0.1, 0.15) is 0 Å². The Kier molecular flexibility index (Phi) is 5.92. The van der Waals surface area contributed by atoms with Crippen LogP contribution in [0.25, 0.3) is 10.9 Å². The quantitative estimate of drug-likeness (QED) is 0.502. The molecular formula is C28H41NO. The minimum atomic E-state index is -0.192. The maximum absolute atomic E-state index is 11.7. The third-order valence-electron chi connectivity index (χ3n) is 9.31. The number of benzene rings is 1. The molecule has 1 aromatic heterocycles. The van der Waals surface area contributed by atoms with Crippen molar-refractivity contribution in [3.63, 3.8) is 0 Å². The first-order valence-corrected chi connectivity index (χ1v) is 12.2. The van der Waals surface area contributed by atoms with Crippen LogP contribution >= 0.6 is 0 Å². The minimum Gasteiger partial charge on any atom is -0.393 e. The zero-order chi connectivity index (χ0) is 21.5. The lowest BCUT2D eigenvalue weighted by Gasteiger charge is -2.65. The molecule has 2 fully saturated rings. The van der Waals surface area contributed by atoms with Crippen molar-refractivity contribution in [2.24, 2.45) is 28.6 Å². The highest BCUT2D eigenvalue weighted by Crippen LogP contribution is 2.67. The molecule has 2 aliphatic carbocycles. The van der Waals surface area contributed by atoms with Crippen LogP contribution in [0.15, 0.2) is 42.1 Å². The smallest absolute Gasteiger partial charge is 0.0604 e. The van der Waals surface area contributed by atoms with E-state index in [1.54, 1.807) is 0 Å². The number of aromatic amines is 1. The zero-order valence-corrected chi connectivity index (χ0v) is 19.7. The zero-order valence-electron chi connectivity index (χ0n) is 19.7. The molecular weight excluding hydrogens is 366 g/mol. The molecule has 0 bridgehead atoms. The van der Waals surface area contributed by atoms with Gasteiger partial charge in [0, 0.05) is 22.5 Å². The number of para-hydroxylation sites is 1. The Hall–Kier alpha value is -1.54. The first kappa shape index (κ1) is 21.7. The molecule has 2 nitrogen and oxygen atoms in total. The summed E-state index contributed by atoms with van der Waals surface area (Å²) < 4.78 is 0. The summed E-state index contributed by atoms with van der Waals surface area (Å²) in [5.74, 6) is 1.82. The number of H-pyrrole nitrogens is 1. The van der Waals surface area contributed by atoms with Gasteiger partial charge in [-0.1, -0.05) is 50.6 Å². The third-order valence-corrected chi connectivity index (χ3v) is 9.31. The number of aliphatic hydroxyl groups excluding tert-OH is 1. The summed E-state index contributed by atoms with van der Waals surface area (Å²) in [4.78, 5) is 3.49. The Labute approximate surface area is 183 Å². The molecule has 0 spiro atoms. The van der Waals surface area contributed by atoms with Crippen LogP contribution in [0.1, 0.15) is 78.7 Å². The average Bonchev–Trinajstić information content (AvgIpc) is 3.12. The summed E-state index contributed by atoms with van der Waals surface area (Å²) in [5, 5.41) is 13.1. The Morgan fingerprint density at radius 1 is 1.17 bits per heavy atom. The van der Waals surface area contributed by atoms with E-state index in [1.807, 2.05) is 0 Å². The number of fused-ring (bicyclic) bond motifs is 2. The van der Waals surface area contributed by atoms with E-state index in [1.165, 1.54) is 34.9 Å². The topological polar surface area (TPSA) is 36.0 Å². The fraction of sp³-hybridized carbons (Fsp3) is 0.643. The highest BCUT2D eigenvalue weighted by molar-refractivity contribution is 5.83. The predicted octanol–water partition coefficient (Wildman–Crippen LogP) is 7.29. The van der Waals surface area contributed by atoms with Crippen molar-refractivity contribution < 1.29 is 5.11 Å². The maximum Gasteiger partial charge on any atom is 0.0604 e. The van der Waals surface area contributed by atoms with Gasteiger partial charge < -0.3 is 10.1 Å². The summed E-state index contributed by atoms with van der Waals surface area (Å²) in [6.07, 6.45) is 12.3. The number of hydrogen-bond acceptors (Lipinski definition) is 1. The van der Waals surface area contributed by atoms with Gasteiger partial charge in [-0.25, -0.2) is 0 Å². The Morgan fingerprint density at radius 2 is 1.93 bits per heavy atom. The normalized spacial score (nSPS) is 36.5. The molecule has 0 amide bonds. The van der Waals surface area contributed by atoms with Crippen LogP contribution < -0.4 is 0 Å². The fourth-order valence-electron chi connectivity index (χ4n) is 7.37. The van der Waals surface area contributed by atoms with Gasteiger partial charge in [0.2, 0.25) is 0 Å². The van der Waals surface area contributed by atoms with E-state index in [9.17, 15) is 5.11 Å². The van der Waals surface area contributed by atoms with Crippen molar-refractivity contribution in [3.8, 4) is 0 Å². The van der Waals surface area contributed by atoms with Gasteiger partial charge in [-0.2, -0.15) is 0 Å². The monoisotopic (exact) mass is 407 g/mol. The average molecular weight is 408 g/mol. The van der Waals surface area contributed by atoms with Crippen LogP contribution in [0.2, 0.25) is 0 Å². The van der Waals surface area contributed by atoms with Gasteiger partial charge in [-0.3, -0.25) is 0 Å². The molecule has 4 rings (SSSR count). The van der Waals surface area contributed by atoms with Crippen LogP contribution in [0, 0.1) is 28.6 Å². The van der Waals surface area contributed by atoms with Crippen LogP contribution in [-0.4, -0.2) is 16.2 Å². The second kappa shape index (κ2) is 8.19. The number of nitrogens with one attached hydrogen (secondary N) is 1. The van der Waals surface area contributed by atoms with E-state index < -0.39 is 0 Å². The van der Waals surface area contributed by atoms with Crippen LogP contribution in [-0.2, 0) is 6.42 Å². The second-order valence-electron chi connectivity index (χ2n) is 11.0. The van der Waals surface area contributed by atoms with Gasteiger partial charge >= 0.3 is 0 Å². The lowest BCUT2D eigenvalue weighted by Crippen LogP contribution is -2.62. The molecule has 2 saturated carbocycles. The van der Waals surface area contributed by atoms with Crippen molar-refractivity contribution >= 4 is 10.9 Å². The van der Waals surface area contributed by atoms with Crippen molar-refractivity contribution in [3.05, 3.63) is 47.7 Å². The number of allylic oxidation sites excluding steroid dienone is 2. The molecule has 0 aliphatic heterocycles. The summed E-state index contributed by atoms with van der Waals surface area (Å²) in [6.45, 7) is 11.8. The molecule has 2 aromatic rings. The lowest BCUT2D eigenvalue weighted by molar-refractivity contribution is -0.206. The molecule has 1 aromatic carbocycles. The van der Waals surface area contributed by atoms with E-state index in [-0.39, 0.29) is 16.9 Å². The van der Waals surface area contributed by atoms with Gasteiger partial charge in [-0.05, 0) is 93.6 Å². The maximum atomic E-state index is 11.7. The Bertz CT molecular complexity index is 906. The fourth-order valence-corrected chi connectivity index (χ4v) is 7.37. The summed E-state index contributed by atoms with van der Waals surface area (Å²) in [7, 11) is 0. The second-order valence-corrected chi connectivity index (χ2v) is 11.0. The molecule has 30 heavy (non-hydrogen) atoms. The summed E-state index contributed by atoms with van der Waals surface area (Å²) in [5.41, 5.74) is 4.26. The van der Waals surface area contributed by atoms with Gasteiger partial charge in [0.05, 0.1) is 6.10 Å². The van der Waals surface area contributed by atoms with Crippen LogP contribution in [0.5, 0.6) is 0 Å². The van der Waals surface area contributed by atoms with Gasteiger partial charge in [0.15, 0.2) is 0 Å². The molecule has 0 saturated heterocycles. The van der Waals surface area contributed by atoms with Crippen LogP contribution in [0.3, 0.4) is 0 Å². The van der Waals surface area contributed by atoms with E-state index >= 15 is 0 Å². The van der Waals surface area contributed by atoms with Crippen molar-refractivity contribution in [1.29, 1.82) is 0 Å². The summed E-state index contributed by atoms with van der Waals surface area (Å²) in [6, 6.07) is 8.69. The first-order chi connectivity index (χ1) is 14.3.